The van der Waals surface area contributed by atoms with Crippen LogP contribution in [0.1, 0.15) is 37.5 Å². The molecule has 0 radical (unpaired) electrons. The van der Waals surface area contributed by atoms with Crippen molar-refractivity contribution in [1.29, 1.82) is 0 Å². The number of halogens is 1. The first-order valence-corrected chi connectivity index (χ1v) is 11.3. The number of benzene rings is 3. The molecule has 3 rings (SSSR count). The molecule has 0 unspecified atom stereocenters. The number of carbonyl (C=O) groups is 4. The molecule has 0 fully saturated rings. The number of hydrazine groups is 1. The molecule has 0 aliphatic carbocycles. The maximum atomic E-state index is 13.0. The fourth-order valence-corrected chi connectivity index (χ4v) is 3.77. The number of nitrogens with zero attached hydrogens (tertiary/aromatic N) is 2. The molecule has 0 saturated heterocycles. The van der Waals surface area contributed by atoms with Crippen LogP contribution in [0.25, 0.3) is 0 Å². The van der Waals surface area contributed by atoms with E-state index in [9.17, 15) is 29.4 Å². The summed E-state index contributed by atoms with van der Waals surface area (Å²) in [7, 11) is 2.93. The topological polar surface area (TPSA) is 150 Å². The molecule has 11 heteroatoms. The summed E-state index contributed by atoms with van der Waals surface area (Å²) in [6.07, 6.45) is -0.590. The van der Waals surface area contributed by atoms with Crippen LogP contribution in [0.4, 0.5) is 5.69 Å². The lowest BCUT2D eigenvalue weighted by Gasteiger charge is -2.24. The zero-order valence-electron chi connectivity index (χ0n) is 19.9. The molecule has 37 heavy (non-hydrogen) atoms. The van der Waals surface area contributed by atoms with Crippen molar-refractivity contribution in [1.82, 2.24) is 5.01 Å². The van der Waals surface area contributed by atoms with Crippen LogP contribution in [0.15, 0.2) is 66.7 Å². The first-order chi connectivity index (χ1) is 17.5. The van der Waals surface area contributed by atoms with Gasteiger partial charge in [-0.25, -0.2) is 10.6 Å². The number of anilines is 1. The molecule has 0 bridgehead atoms. The molecule has 2 amide bonds. The molecule has 0 heterocycles. The third-order valence-corrected chi connectivity index (χ3v) is 5.91. The Balaban J connectivity index is 1.79. The Morgan fingerprint density at radius 3 is 2.30 bits per heavy atom. The normalized spacial score (nSPS) is 11.4. The lowest BCUT2D eigenvalue weighted by molar-refractivity contribution is -0.142. The number of hydrogen-bond donors (Lipinski definition) is 3. The molecular formula is C26H24ClN3O7. The van der Waals surface area contributed by atoms with Crippen molar-refractivity contribution in [2.45, 2.75) is 12.5 Å². The van der Waals surface area contributed by atoms with Crippen molar-refractivity contribution in [3.05, 3.63) is 88.4 Å². The smallest absolute Gasteiger partial charge is 0.328 e. The molecular weight excluding hydrogens is 502 g/mol. The molecule has 3 aromatic carbocycles. The third-order valence-electron chi connectivity index (χ3n) is 5.59. The van der Waals surface area contributed by atoms with Gasteiger partial charge in [0.2, 0.25) is 0 Å². The van der Waals surface area contributed by atoms with E-state index in [0.29, 0.717) is 16.4 Å². The predicted octanol–water partition coefficient (Wildman–Crippen LogP) is 3.37. The van der Waals surface area contributed by atoms with Gasteiger partial charge in [-0.1, -0.05) is 29.8 Å². The second-order valence-corrected chi connectivity index (χ2v) is 8.41. The molecule has 3 aromatic rings. The Bertz CT molecular complexity index is 1360. The molecule has 10 nitrogen and oxygen atoms in total. The van der Waals surface area contributed by atoms with Gasteiger partial charge in [0.05, 0.1) is 17.7 Å². The minimum absolute atomic E-state index is 0.0166. The van der Waals surface area contributed by atoms with Crippen molar-refractivity contribution in [2.75, 3.05) is 19.1 Å². The number of ether oxygens (including phenoxy) is 1. The summed E-state index contributed by atoms with van der Waals surface area (Å²) in [6, 6.07) is 14.4. The maximum Gasteiger partial charge on any atom is 0.328 e. The summed E-state index contributed by atoms with van der Waals surface area (Å²) in [6.45, 7) is 0. The summed E-state index contributed by atoms with van der Waals surface area (Å²) in [5, 5.41) is 19.6. The number of ketones is 1. The highest BCUT2D eigenvalue weighted by atomic mass is 35.5. The molecule has 192 valence electrons. The predicted molar refractivity (Wildman–Crippen MR) is 136 cm³/mol. The van der Waals surface area contributed by atoms with E-state index >= 15 is 0 Å². The van der Waals surface area contributed by atoms with Gasteiger partial charge < -0.3 is 19.8 Å². The van der Waals surface area contributed by atoms with Gasteiger partial charge in [-0.3, -0.25) is 19.4 Å². The van der Waals surface area contributed by atoms with E-state index in [1.807, 2.05) is 0 Å². The van der Waals surface area contributed by atoms with Gasteiger partial charge in [0, 0.05) is 36.3 Å². The third kappa shape index (κ3) is 6.24. The fourth-order valence-electron chi connectivity index (χ4n) is 3.51. The summed E-state index contributed by atoms with van der Waals surface area (Å²) in [5.74, 6) is 2.79. The van der Waals surface area contributed by atoms with Crippen molar-refractivity contribution >= 4 is 40.9 Å². The van der Waals surface area contributed by atoms with Gasteiger partial charge >= 0.3 is 5.97 Å². The Labute approximate surface area is 217 Å². The number of Topliss-reactive ketones (excluding diaryl/α,β-unsaturated/α-hetero) is 1. The summed E-state index contributed by atoms with van der Waals surface area (Å²) < 4.78 is 5.08. The highest BCUT2D eigenvalue weighted by Crippen LogP contribution is 2.25. The lowest BCUT2D eigenvalue weighted by Crippen LogP contribution is -2.50. The van der Waals surface area contributed by atoms with Crippen LogP contribution >= 0.6 is 11.6 Å². The molecule has 1 atom stereocenters. The number of amides is 2. The van der Waals surface area contributed by atoms with Crippen LogP contribution in [0.5, 0.6) is 11.5 Å². The van der Waals surface area contributed by atoms with E-state index in [1.165, 1.54) is 61.5 Å². The number of aliphatic carboxylic acids is 1. The molecule has 4 N–H and O–H groups in total. The lowest BCUT2D eigenvalue weighted by atomic mass is 10.0. The fraction of sp³-hybridized carbons (Fsp3) is 0.154. The standard InChI is InChI=1S/C26H24ClN3O7/c1-29(17-6-4-7-18(31)13-17)24(33)16-9-10-20(21(27)12-16)25(34)30(28)22(26(35)36)14-23(32)15-5-3-8-19(11-15)37-2/h3-13,22,31H,14,28H2,1-2H3,(H,35,36)/t22-/m0/s1. The minimum Gasteiger partial charge on any atom is -0.508 e. The van der Waals surface area contributed by atoms with Crippen molar-refractivity contribution in [3.8, 4) is 11.5 Å². The van der Waals surface area contributed by atoms with Crippen LogP contribution in [0.3, 0.4) is 0 Å². The van der Waals surface area contributed by atoms with Gasteiger partial charge in [-0.2, -0.15) is 0 Å². The maximum absolute atomic E-state index is 13.0. The van der Waals surface area contributed by atoms with Gasteiger partial charge in [0.1, 0.15) is 11.5 Å². The molecule has 0 aliphatic heterocycles. The molecule has 0 spiro atoms. The number of nitrogens with two attached hydrogens (primary N) is 1. The van der Waals surface area contributed by atoms with E-state index in [0.717, 1.165) is 0 Å². The van der Waals surface area contributed by atoms with Crippen molar-refractivity contribution in [3.63, 3.8) is 0 Å². The summed E-state index contributed by atoms with van der Waals surface area (Å²) >= 11 is 6.27. The van der Waals surface area contributed by atoms with E-state index in [1.54, 1.807) is 24.3 Å². The van der Waals surface area contributed by atoms with Crippen LogP contribution in [-0.4, -0.2) is 59.0 Å². The number of carboxylic acids is 1. The largest absolute Gasteiger partial charge is 0.508 e. The van der Waals surface area contributed by atoms with Crippen LogP contribution in [-0.2, 0) is 4.79 Å². The average Bonchev–Trinajstić information content (AvgIpc) is 2.89. The zero-order valence-corrected chi connectivity index (χ0v) is 20.7. The van der Waals surface area contributed by atoms with Crippen LogP contribution in [0.2, 0.25) is 5.02 Å². The minimum atomic E-state index is -1.68. The number of carboxylic acid groups (broad SMARTS) is 1. The summed E-state index contributed by atoms with van der Waals surface area (Å²) in [5.41, 5.74) is 0.613. The summed E-state index contributed by atoms with van der Waals surface area (Å²) in [4.78, 5) is 51.7. The van der Waals surface area contributed by atoms with E-state index in [4.69, 9.17) is 22.2 Å². The quantitative estimate of drug-likeness (QED) is 0.166. The zero-order chi connectivity index (χ0) is 27.3. The number of methoxy groups -OCH3 is 1. The number of hydrogen-bond acceptors (Lipinski definition) is 7. The first kappa shape index (κ1) is 27.2. The van der Waals surface area contributed by atoms with Crippen molar-refractivity contribution in [2.24, 2.45) is 5.84 Å². The number of phenolic OH excluding ortho intramolecular Hbond substituents is 1. The number of aromatic hydroxyl groups is 1. The van der Waals surface area contributed by atoms with Gasteiger partial charge in [0.25, 0.3) is 11.8 Å². The Kier molecular flexibility index (Phi) is 8.49. The second kappa shape index (κ2) is 11.5. The Hall–Kier alpha value is -4.41. The van der Waals surface area contributed by atoms with Crippen LogP contribution < -0.4 is 15.5 Å². The monoisotopic (exact) mass is 525 g/mol. The van der Waals surface area contributed by atoms with Crippen molar-refractivity contribution < 1.29 is 34.1 Å². The Morgan fingerprint density at radius 1 is 0.973 bits per heavy atom. The first-order valence-electron chi connectivity index (χ1n) is 10.9. The van der Waals surface area contributed by atoms with E-state index in [2.05, 4.69) is 0 Å². The second-order valence-electron chi connectivity index (χ2n) is 8.00. The highest BCUT2D eigenvalue weighted by Gasteiger charge is 2.32. The van der Waals surface area contributed by atoms with Gasteiger partial charge in [-0.15, -0.1) is 0 Å². The molecule has 0 saturated carbocycles. The molecule has 0 aromatic heterocycles. The number of carbonyl (C=O) groups excluding carboxylic acids is 3. The number of rotatable bonds is 9. The van der Waals surface area contributed by atoms with E-state index in [-0.39, 0.29) is 27.5 Å². The SMILES string of the molecule is COc1cccc(C(=O)C[C@@H](C(=O)O)N(N)C(=O)c2ccc(C(=O)N(C)c3cccc(O)c3)cc2Cl)c1. The van der Waals surface area contributed by atoms with Gasteiger partial charge in [-0.05, 0) is 42.5 Å². The average molecular weight is 526 g/mol. The van der Waals surface area contributed by atoms with Crippen LogP contribution in [0, 0.1) is 0 Å². The van der Waals surface area contributed by atoms with Gasteiger partial charge in [0.15, 0.2) is 11.8 Å². The van der Waals surface area contributed by atoms with E-state index < -0.39 is 36.0 Å². The molecule has 0 aliphatic rings. The Morgan fingerprint density at radius 2 is 1.68 bits per heavy atom. The highest BCUT2D eigenvalue weighted by molar-refractivity contribution is 6.34. The number of phenols is 1.